The molecular formula is C11H12N2O3S2. The van der Waals surface area contributed by atoms with Crippen LogP contribution in [0.4, 0.5) is 5.00 Å². The molecule has 0 aliphatic carbocycles. The zero-order chi connectivity index (χ0) is 13.1. The molecule has 5 nitrogen and oxygen atoms in total. The first-order valence-corrected chi connectivity index (χ1v) is 6.49. The molecule has 0 aromatic carbocycles. The van der Waals surface area contributed by atoms with Crippen molar-refractivity contribution in [2.75, 3.05) is 25.1 Å². The molecule has 1 fully saturated rings. The summed E-state index contributed by atoms with van der Waals surface area (Å²) in [6.45, 7) is 0.669. The van der Waals surface area contributed by atoms with Crippen LogP contribution >= 0.6 is 23.6 Å². The summed E-state index contributed by atoms with van der Waals surface area (Å²) >= 11 is 6.25. The average Bonchev–Trinajstić information content (AvgIpc) is 2.88. The third-order valence-corrected chi connectivity index (χ3v) is 3.67. The molecule has 2 heterocycles. The van der Waals surface area contributed by atoms with Crippen LogP contribution in [0.25, 0.3) is 6.08 Å². The van der Waals surface area contributed by atoms with Crippen molar-refractivity contribution >= 4 is 45.7 Å². The van der Waals surface area contributed by atoms with E-state index in [1.54, 1.807) is 6.08 Å². The second kappa shape index (κ2) is 5.47. The first-order valence-electron chi connectivity index (χ1n) is 5.27. The number of rotatable bonds is 4. The van der Waals surface area contributed by atoms with Gasteiger partial charge < -0.3 is 14.7 Å². The van der Waals surface area contributed by atoms with E-state index < -0.39 is 0 Å². The Balaban J connectivity index is 2.13. The highest BCUT2D eigenvalue weighted by atomic mass is 32.1. The monoisotopic (exact) mass is 284 g/mol. The largest absolute Gasteiger partial charge is 0.426 e. The Morgan fingerprint density at radius 3 is 3.00 bits per heavy atom. The number of amides is 1. The Morgan fingerprint density at radius 2 is 2.39 bits per heavy atom. The highest BCUT2D eigenvalue weighted by molar-refractivity contribution is 7.80. The Kier molecular flexibility index (Phi) is 3.95. The number of thiocarbonyl (C=S) groups is 1. The van der Waals surface area contributed by atoms with Crippen LogP contribution in [0.1, 0.15) is 4.88 Å². The number of ether oxygens (including phenoxy) is 1. The van der Waals surface area contributed by atoms with Crippen molar-refractivity contribution in [3.8, 4) is 0 Å². The van der Waals surface area contributed by atoms with Crippen molar-refractivity contribution in [3.63, 3.8) is 0 Å². The highest BCUT2D eigenvalue weighted by Crippen LogP contribution is 2.27. The fraction of sp³-hybridized carbons (Fsp3) is 0.273. The smallest absolute Gasteiger partial charge is 0.294 e. The number of hydrogen-bond acceptors (Lipinski definition) is 6. The van der Waals surface area contributed by atoms with Crippen LogP contribution in [0.2, 0.25) is 0 Å². The number of carbonyl (C=O) groups is 1. The lowest BCUT2D eigenvalue weighted by atomic mass is 10.3. The van der Waals surface area contributed by atoms with E-state index in [1.165, 1.54) is 11.3 Å². The Morgan fingerprint density at radius 1 is 1.61 bits per heavy atom. The summed E-state index contributed by atoms with van der Waals surface area (Å²) in [7, 11) is 1.90. The number of carbonyl (C=O) groups excluding carboxylic acids is 1. The average molecular weight is 284 g/mol. The zero-order valence-electron chi connectivity index (χ0n) is 9.67. The Bertz CT molecular complexity index is 510. The molecule has 1 aromatic rings. The van der Waals surface area contributed by atoms with E-state index in [0.717, 1.165) is 9.88 Å². The second-order valence-corrected chi connectivity index (χ2v) is 5.14. The number of aliphatic hydroxyl groups is 1. The topological polar surface area (TPSA) is 61.8 Å². The predicted molar refractivity (Wildman–Crippen MR) is 74.5 cm³/mol. The minimum Gasteiger partial charge on any atom is -0.426 e. The first-order chi connectivity index (χ1) is 8.60. The quantitative estimate of drug-likeness (QED) is 0.637. The third kappa shape index (κ3) is 2.87. The van der Waals surface area contributed by atoms with E-state index in [0.29, 0.717) is 6.54 Å². The van der Waals surface area contributed by atoms with Gasteiger partial charge in [-0.3, -0.25) is 10.1 Å². The molecule has 0 bridgehead atoms. The van der Waals surface area contributed by atoms with Crippen molar-refractivity contribution < 1.29 is 14.6 Å². The van der Waals surface area contributed by atoms with Gasteiger partial charge in [0, 0.05) is 24.5 Å². The van der Waals surface area contributed by atoms with Crippen LogP contribution in [0, 0.1) is 0 Å². The molecule has 0 unspecified atom stereocenters. The number of hydrogen-bond donors (Lipinski definition) is 2. The molecule has 1 aliphatic heterocycles. The van der Waals surface area contributed by atoms with Gasteiger partial charge in [-0.25, -0.2) is 0 Å². The van der Waals surface area contributed by atoms with Crippen molar-refractivity contribution in [2.24, 2.45) is 0 Å². The summed E-state index contributed by atoms with van der Waals surface area (Å²) in [5.41, 5.74) is 0. The maximum atomic E-state index is 11.4. The summed E-state index contributed by atoms with van der Waals surface area (Å²) in [6, 6.07) is 3.82. The van der Waals surface area contributed by atoms with Gasteiger partial charge in [-0.15, -0.1) is 11.3 Å². The first kappa shape index (κ1) is 13.0. The lowest BCUT2D eigenvalue weighted by molar-refractivity contribution is -0.116. The molecule has 1 aromatic heterocycles. The molecule has 1 saturated heterocycles. The minimum absolute atomic E-state index is 0.0837. The molecule has 18 heavy (non-hydrogen) atoms. The summed E-state index contributed by atoms with van der Waals surface area (Å²) in [4.78, 5) is 14.2. The van der Waals surface area contributed by atoms with Gasteiger partial charge in [-0.05, 0) is 24.4 Å². The highest BCUT2D eigenvalue weighted by Gasteiger charge is 2.23. The number of anilines is 1. The normalized spacial score (nSPS) is 16.9. The molecule has 1 aliphatic rings. The molecule has 0 saturated carbocycles. The number of likely N-dealkylation sites (N-methyl/N-ethyl adjacent to an activating group) is 1. The molecular weight excluding hydrogens is 272 g/mol. The Labute approximate surface area is 114 Å². The van der Waals surface area contributed by atoms with Gasteiger partial charge >= 0.3 is 0 Å². The number of nitrogens with one attached hydrogen (secondary N) is 1. The van der Waals surface area contributed by atoms with Gasteiger partial charge in [0.25, 0.3) is 11.1 Å². The van der Waals surface area contributed by atoms with Crippen LogP contribution in [0.5, 0.6) is 0 Å². The van der Waals surface area contributed by atoms with E-state index >= 15 is 0 Å². The lowest BCUT2D eigenvalue weighted by Gasteiger charge is -2.14. The summed E-state index contributed by atoms with van der Waals surface area (Å²) in [6.07, 6.45) is 1.65. The van der Waals surface area contributed by atoms with E-state index in [-0.39, 0.29) is 23.4 Å². The molecule has 1 amide bonds. The molecule has 96 valence electrons. The van der Waals surface area contributed by atoms with Gasteiger partial charge in [0.2, 0.25) is 0 Å². The predicted octanol–water partition coefficient (Wildman–Crippen LogP) is 0.949. The fourth-order valence-corrected chi connectivity index (χ4v) is 2.54. The maximum Gasteiger partial charge on any atom is 0.294 e. The van der Waals surface area contributed by atoms with Crippen LogP contribution in [0.3, 0.4) is 0 Å². The van der Waals surface area contributed by atoms with Gasteiger partial charge in [-0.1, -0.05) is 0 Å². The number of nitrogens with zero attached hydrogens (tertiary/aromatic N) is 1. The SMILES string of the molecule is CN(CCO)c1ccc(/C=C2\OC(=S)NC2=O)s1. The molecule has 2 N–H and O–H groups in total. The van der Waals surface area contributed by atoms with E-state index in [1.807, 2.05) is 24.1 Å². The van der Waals surface area contributed by atoms with Gasteiger partial charge in [-0.2, -0.15) is 0 Å². The standard InChI is InChI=1S/C11H12N2O3S2/c1-13(4-5-14)9-3-2-7(18-9)6-8-10(15)12-11(17)16-8/h2-3,6,14H,4-5H2,1H3,(H,12,15,17)/b8-6-. The summed E-state index contributed by atoms with van der Waals surface area (Å²) in [5.74, 6) is -0.114. The van der Waals surface area contributed by atoms with Crippen LogP contribution < -0.4 is 10.2 Å². The van der Waals surface area contributed by atoms with Crippen molar-refractivity contribution in [1.82, 2.24) is 5.32 Å². The number of thiophene rings is 1. The molecule has 2 rings (SSSR count). The van der Waals surface area contributed by atoms with Crippen molar-refractivity contribution in [3.05, 3.63) is 22.8 Å². The Hall–Kier alpha value is -1.44. The second-order valence-electron chi connectivity index (χ2n) is 3.67. The van der Waals surface area contributed by atoms with Crippen molar-refractivity contribution in [2.45, 2.75) is 0 Å². The van der Waals surface area contributed by atoms with Crippen LogP contribution in [0.15, 0.2) is 17.9 Å². The van der Waals surface area contributed by atoms with Crippen molar-refractivity contribution in [1.29, 1.82) is 0 Å². The van der Waals surface area contributed by atoms with E-state index in [4.69, 9.17) is 22.1 Å². The molecule has 7 heteroatoms. The lowest BCUT2D eigenvalue weighted by Crippen LogP contribution is -2.19. The third-order valence-electron chi connectivity index (χ3n) is 2.34. The number of aliphatic hydroxyl groups excluding tert-OH is 1. The van der Waals surface area contributed by atoms with Gasteiger partial charge in [0.15, 0.2) is 5.76 Å². The van der Waals surface area contributed by atoms with E-state index in [2.05, 4.69) is 5.32 Å². The molecule has 0 spiro atoms. The van der Waals surface area contributed by atoms with E-state index in [9.17, 15) is 4.79 Å². The van der Waals surface area contributed by atoms with Crippen LogP contribution in [-0.2, 0) is 9.53 Å². The molecule has 0 atom stereocenters. The van der Waals surface area contributed by atoms with Crippen LogP contribution in [-0.4, -0.2) is 36.4 Å². The summed E-state index contributed by atoms with van der Waals surface area (Å²) in [5, 5.41) is 12.4. The molecule has 0 radical (unpaired) electrons. The summed E-state index contributed by atoms with van der Waals surface area (Å²) < 4.78 is 5.08. The van der Waals surface area contributed by atoms with Gasteiger partial charge in [0.1, 0.15) is 0 Å². The van der Waals surface area contributed by atoms with Gasteiger partial charge in [0.05, 0.1) is 11.6 Å². The minimum atomic E-state index is -0.321. The fourth-order valence-electron chi connectivity index (χ4n) is 1.44. The maximum absolute atomic E-state index is 11.4. The zero-order valence-corrected chi connectivity index (χ0v) is 11.3.